The van der Waals surface area contributed by atoms with Crippen LogP contribution in [0.4, 0.5) is 5.82 Å². The summed E-state index contributed by atoms with van der Waals surface area (Å²) >= 11 is 0. The second-order valence-electron chi connectivity index (χ2n) is 5.26. The highest BCUT2D eigenvalue weighted by Gasteiger charge is 2.20. The van der Waals surface area contributed by atoms with E-state index in [2.05, 4.69) is 25.6 Å². The second kappa shape index (κ2) is 5.51. The molecule has 2 aromatic heterocycles. The molecule has 0 aliphatic heterocycles. The third kappa shape index (κ3) is 2.41. The zero-order valence-corrected chi connectivity index (χ0v) is 12.5. The van der Waals surface area contributed by atoms with Gasteiger partial charge in [0.05, 0.1) is 17.4 Å². The Balaban J connectivity index is 2.09. The van der Waals surface area contributed by atoms with Gasteiger partial charge < -0.3 is 17.2 Å². The molecule has 0 bridgehead atoms. The van der Waals surface area contributed by atoms with Gasteiger partial charge in [0.1, 0.15) is 0 Å². The number of rotatable bonds is 4. The number of nitrogen functional groups attached to an aromatic ring is 1. The molecule has 0 unspecified atom stereocenters. The van der Waals surface area contributed by atoms with E-state index >= 15 is 0 Å². The predicted octanol–water partition coefficient (Wildman–Crippen LogP) is 0.558. The molecule has 7 heteroatoms. The molecule has 3 rings (SSSR count). The van der Waals surface area contributed by atoms with Crippen molar-refractivity contribution in [3.8, 4) is 0 Å². The van der Waals surface area contributed by atoms with Crippen LogP contribution in [-0.4, -0.2) is 22.5 Å². The van der Waals surface area contributed by atoms with Gasteiger partial charge in [-0.15, -0.1) is 0 Å². The lowest BCUT2D eigenvalue weighted by molar-refractivity contribution is -0.676. The Morgan fingerprint density at radius 3 is 2.86 bits per heavy atom. The lowest BCUT2D eigenvalue weighted by atomic mass is 10.2. The molecule has 0 aliphatic rings. The molecular weight excluding hydrogens is 278 g/mol. The van der Waals surface area contributed by atoms with Crippen LogP contribution < -0.4 is 21.8 Å². The number of hydrogen-bond acceptors (Lipinski definition) is 3. The summed E-state index contributed by atoms with van der Waals surface area (Å²) in [5.74, 6) is 1.67. The molecular formula is C15H20N7+. The van der Waals surface area contributed by atoms with Gasteiger partial charge in [0.15, 0.2) is 17.3 Å². The number of anilines is 1. The van der Waals surface area contributed by atoms with Crippen molar-refractivity contribution in [2.24, 2.45) is 16.5 Å². The van der Waals surface area contributed by atoms with Crippen molar-refractivity contribution >= 4 is 33.7 Å². The maximum atomic E-state index is 6.09. The highest BCUT2D eigenvalue weighted by atomic mass is 15.1. The average Bonchev–Trinajstić information content (AvgIpc) is 2.81. The third-order valence-electron chi connectivity index (χ3n) is 3.71. The van der Waals surface area contributed by atoms with E-state index in [1.807, 2.05) is 25.1 Å². The number of guanidine groups is 1. The van der Waals surface area contributed by atoms with Crippen LogP contribution in [0.25, 0.3) is 21.9 Å². The highest BCUT2D eigenvalue weighted by molar-refractivity contribution is 6.04. The van der Waals surface area contributed by atoms with Gasteiger partial charge in [-0.2, -0.15) is 0 Å². The monoisotopic (exact) mass is 298 g/mol. The van der Waals surface area contributed by atoms with Gasteiger partial charge in [-0.25, -0.2) is 14.5 Å². The number of nitrogens with zero attached hydrogens (tertiary/aromatic N) is 3. The lowest BCUT2D eigenvalue weighted by Crippen LogP contribution is -2.36. The standard InChI is InChI=1S/C15H19N7/c1-9-20-12-13(22(9)8-4-7-19-15(17)18)10-5-2-3-6-11(10)21-14(12)16/h2-3,5-6H,4,7-8H2,1H3,(H6,16,17,18,19,21)/p+1. The maximum Gasteiger partial charge on any atom is 0.252 e. The number of pyridine rings is 1. The summed E-state index contributed by atoms with van der Waals surface area (Å²) < 4.78 is 2.21. The number of fused-ring (bicyclic) bond motifs is 3. The van der Waals surface area contributed by atoms with Crippen molar-refractivity contribution in [2.75, 3.05) is 12.3 Å². The number of para-hydroxylation sites is 1. The maximum absolute atomic E-state index is 6.09. The third-order valence-corrected chi connectivity index (χ3v) is 3.71. The number of benzene rings is 1. The lowest BCUT2D eigenvalue weighted by Gasteiger charge is -2.03. The summed E-state index contributed by atoms with van der Waals surface area (Å²) in [6.45, 7) is 3.42. The Hall–Kier alpha value is -2.83. The number of aryl methyl sites for hydroxylation is 2. The Kier molecular flexibility index (Phi) is 3.54. The molecule has 0 spiro atoms. The molecule has 0 aliphatic carbocycles. The highest BCUT2D eigenvalue weighted by Crippen LogP contribution is 2.24. The normalized spacial score (nSPS) is 11.1. The fourth-order valence-electron chi connectivity index (χ4n) is 2.75. The molecule has 0 saturated heterocycles. The predicted molar refractivity (Wildman–Crippen MR) is 88.2 cm³/mol. The zero-order chi connectivity index (χ0) is 15.7. The number of H-pyrrole nitrogens is 1. The number of imidazole rings is 1. The average molecular weight is 298 g/mol. The van der Waals surface area contributed by atoms with E-state index in [9.17, 15) is 0 Å². The topological polar surface area (TPSA) is 123 Å². The van der Waals surface area contributed by atoms with Gasteiger partial charge in [0.25, 0.3) is 5.82 Å². The Morgan fingerprint density at radius 2 is 2.09 bits per heavy atom. The van der Waals surface area contributed by atoms with Gasteiger partial charge >= 0.3 is 0 Å². The van der Waals surface area contributed by atoms with Crippen molar-refractivity contribution in [3.05, 3.63) is 30.1 Å². The minimum Gasteiger partial charge on any atom is -0.380 e. The molecule has 0 atom stereocenters. The number of hydrogen-bond donors (Lipinski definition) is 4. The molecule has 0 fully saturated rings. The van der Waals surface area contributed by atoms with E-state index in [0.29, 0.717) is 12.4 Å². The van der Waals surface area contributed by atoms with E-state index in [0.717, 1.165) is 40.7 Å². The quantitative estimate of drug-likeness (QED) is 0.243. The van der Waals surface area contributed by atoms with E-state index in [1.165, 1.54) is 0 Å². The van der Waals surface area contributed by atoms with Crippen LogP contribution in [0.5, 0.6) is 0 Å². The van der Waals surface area contributed by atoms with E-state index in [4.69, 9.17) is 17.2 Å². The first-order valence-corrected chi connectivity index (χ1v) is 7.19. The first-order valence-electron chi connectivity index (χ1n) is 7.19. The number of aliphatic imine (C=N–C) groups is 1. The summed E-state index contributed by atoms with van der Waals surface area (Å²) in [5, 5.41) is 1.08. The Labute approximate surface area is 127 Å². The van der Waals surface area contributed by atoms with Crippen LogP contribution >= 0.6 is 0 Å². The summed E-state index contributed by atoms with van der Waals surface area (Å²) in [4.78, 5) is 11.8. The minimum absolute atomic E-state index is 0.125. The van der Waals surface area contributed by atoms with Crippen LogP contribution in [-0.2, 0) is 6.54 Å². The summed E-state index contributed by atoms with van der Waals surface area (Å²) in [6, 6.07) is 8.00. The van der Waals surface area contributed by atoms with Gasteiger partial charge in [0.2, 0.25) is 5.52 Å². The van der Waals surface area contributed by atoms with Crippen LogP contribution in [0.15, 0.2) is 29.3 Å². The van der Waals surface area contributed by atoms with Crippen molar-refractivity contribution in [2.45, 2.75) is 19.9 Å². The fraction of sp³-hybridized carbons (Fsp3) is 0.267. The largest absolute Gasteiger partial charge is 0.380 e. The minimum atomic E-state index is 0.125. The SMILES string of the molecule is Cc1[nH]c2c(N)nc3ccccc3c2[n+]1CCCN=C(N)N. The number of nitrogens with one attached hydrogen (secondary N) is 1. The van der Waals surface area contributed by atoms with Crippen LogP contribution in [0.3, 0.4) is 0 Å². The van der Waals surface area contributed by atoms with Crippen LogP contribution in [0.2, 0.25) is 0 Å². The first kappa shape index (κ1) is 14.1. The smallest absolute Gasteiger partial charge is 0.252 e. The summed E-state index contributed by atoms with van der Waals surface area (Å²) in [5.41, 5.74) is 19.6. The molecule has 22 heavy (non-hydrogen) atoms. The van der Waals surface area contributed by atoms with E-state index in [-0.39, 0.29) is 5.96 Å². The molecule has 0 radical (unpaired) electrons. The molecule has 7 nitrogen and oxygen atoms in total. The summed E-state index contributed by atoms with van der Waals surface area (Å²) in [6.07, 6.45) is 0.840. The first-order chi connectivity index (χ1) is 10.6. The zero-order valence-electron chi connectivity index (χ0n) is 12.5. The number of nitrogens with two attached hydrogens (primary N) is 3. The molecule has 2 heterocycles. The van der Waals surface area contributed by atoms with Crippen molar-refractivity contribution in [1.82, 2.24) is 9.97 Å². The number of aromatic nitrogens is 3. The molecule has 1 aromatic carbocycles. The Morgan fingerprint density at radius 1 is 1.32 bits per heavy atom. The van der Waals surface area contributed by atoms with Gasteiger partial charge in [-0.3, -0.25) is 4.99 Å². The molecule has 3 aromatic rings. The van der Waals surface area contributed by atoms with Gasteiger partial charge in [-0.1, -0.05) is 12.1 Å². The van der Waals surface area contributed by atoms with Crippen LogP contribution in [0, 0.1) is 6.92 Å². The molecule has 114 valence electrons. The van der Waals surface area contributed by atoms with E-state index in [1.54, 1.807) is 0 Å². The van der Waals surface area contributed by atoms with Crippen molar-refractivity contribution < 1.29 is 4.57 Å². The fourth-order valence-corrected chi connectivity index (χ4v) is 2.75. The molecule has 0 amide bonds. The van der Waals surface area contributed by atoms with Crippen molar-refractivity contribution in [1.29, 1.82) is 0 Å². The van der Waals surface area contributed by atoms with Gasteiger partial charge in [-0.05, 0) is 12.1 Å². The van der Waals surface area contributed by atoms with Crippen molar-refractivity contribution in [3.63, 3.8) is 0 Å². The molecule has 0 saturated carbocycles. The molecule has 7 N–H and O–H groups in total. The second-order valence-corrected chi connectivity index (χ2v) is 5.26. The summed E-state index contributed by atoms with van der Waals surface area (Å²) in [7, 11) is 0. The van der Waals surface area contributed by atoms with Gasteiger partial charge in [0, 0.05) is 19.9 Å². The number of aromatic amines is 1. The van der Waals surface area contributed by atoms with Crippen LogP contribution in [0.1, 0.15) is 12.2 Å². The van der Waals surface area contributed by atoms with E-state index < -0.39 is 0 Å². The Bertz CT molecular complexity index is 859.